The Morgan fingerprint density at radius 2 is 1.61 bits per heavy atom. The number of aromatic nitrogens is 2. The van der Waals surface area contributed by atoms with Crippen LogP contribution in [0.15, 0.2) is 79.0 Å². The molecule has 0 aliphatic carbocycles. The number of rotatable bonds is 2. The number of halogens is 1. The molecule has 3 aromatic carbocycles. The number of carbonyl (C=O) groups excluding carboxylic acids is 1. The van der Waals surface area contributed by atoms with Gasteiger partial charge in [-0.2, -0.15) is 4.98 Å². The number of amides is 2. The van der Waals surface area contributed by atoms with Crippen LogP contribution in [-0.4, -0.2) is 16.0 Å². The minimum atomic E-state index is -0.318. The molecule has 0 fully saturated rings. The summed E-state index contributed by atoms with van der Waals surface area (Å²) in [5, 5.41) is 12.7. The molecule has 0 saturated heterocycles. The summed E-state index contributed by atoms with van der Waals surface area (Å²) in [5.41, 5.74) is 5.30. The number of nitrogens with zero attached hydrogens (tertiary/aromatic N) is 2. The van der Waals surface area contributed by atoms with Gasteiger partial charge in [-0.05, 0) is 66.4 Å². The topological polar surface area (TPSA) is 91.0 Å². The minimum absolute atomic E-state index is 0.318. The van der Waals surface area contributed by atoms with Crippen LogP contribution >= 0.6 is 11.6 Å². The first-order valence-corrected chi connectivity index (χ1v) is 10.9. The second kappa shape index (κ2) is 9.18. The van der Waals surface area contributed by atoms with Crippen LogP contribution in [0.2, 0.25) is 5.02 Å². The third kappa shape index (κ3) is 5.22. The van der Waals surface area contributed by atoms with Gasteiger partial charge in [0.05, 0.1) is 6.20 Å². The fourth-order valence-electron chi connectivity index (χ4n) is 3.67. The summed E-state index contributed by atoms with van der Waals surface area (Å²) in [6.07, 6.45) is 3.19. The number of nitrogens with one attached hydrogen (secondary N) is 4. The van der Waals surface area contributed by atoms with Crippen LogP contribution in [0.3, 0.4) is 0 Å². The molecule has 4 aromatic rings. The second-order valence-corrected chi connectivity index (χ2v) is 8.11. The van der Waals surface area contributed by atoms with Crippen LogP contribution in [0, 0.1) is 0 Å². The highest BCUT2D eigenvalue weighted by Gasteiger charge is 2.11. The van der Waals surface area contributed by atoms with Gasteiger partial charge in [0.1, 0.15) is 5.02 Å². The number of anilines is 6. The third-order valence-electron chi connectivity index (χ3n) is 5.17. The van der Waals surface area contributed by atoms with E-state index in [0.717, 1.165) is 35.5 Å². The summed E-state index contributed by atoms with van der Waals surface area (Å²) in [7, 11) is 0. The third-order valence-corrected chi connectivity index (χ3v) is 5.45. The summed E-state index contributed by atoms with van der Waals surface area (Å²) < 4.78 is 0. The number of aryl methyl sites for hydroxylation is 2. The summed E-state index contributed by atoms with van der Waals surface area (Å²) in [6.45, 7) is 0. The zero-order valence-corrected chi connectivity index (χ0v) is 18.4. The summed E-state index contributed by atoms with van der Waals surface area (Å²) in [4.78, 5) is 21.4. The SMILES string of the molecule is O=C(Nc1ccccc1)Nc1cc2cc(c1)Nc1nc(ncc1Cl)Nc1cccc(c1)CC2. The Morgan fingerprint density at radius 1 is 0.818 bits per heavy atom. The lowest BCUT2D eigenvalue weighted by Crippen LogP contribution is -2.19. The highest BCUT2D eigenvalue weighted by molar-refractivity contribution is 6.32. The largest absolute Gasteiger partial charge is 0.339 e. The summed E-state index contributed by atoms with van der Waals surface area (Å²) in [5.74, 6) is 0.913. The van der Waals surface area contributed by atoms with Crippen molar-refractivity contribution >= 4 is 52.1 Å². The Bertz CT molecular complexity index is 1310. The predicted molar refractivity (Wildman–Crippen MR) is 133 cm³/mol. The van der Waals surface area contributed by atoms with Crippen LogP contribution in [0.4, 0.5) is 39.3 Å². The molecular weight excluding hydrogens is 436 g/mol. The zero-order chi connectivity index (χ0) is 22.6. The standard InChI is InChI=1S/C25H21ClN6O/c26-22-15-27-24-29-19-8-4-5-16(11-19)9-10-17-12-20(28-23(22)32-24)14-21(13-17)31-25(33)30-18-6-2-1-3-7-18/h1-8,11-15H,9-10H2,(H2,30,31,33)(H2,27,28,29,32). The maximum atomic E-state index is 12.6. The van der Waals surface area contributed by atoms with E-state index in [2.05, 4.69) is 43.4 Å². The maximum Gasteiger partial charge on any atom is 0.323 e. The average Bonchev–Trinajstić information content (AvgIpc) is 2.80. The predicted octanol–water partition coefficient (Wildman–Crippen LogP) is 6.36. The van der Waals surface area contributed by atoms with Gasteiger partial charge in [0, 0.05) is 22.7 Å². The van der Waals surface area contributed by atoms with E-state index < -0.39 is 0 Å². The van der Waals surface area contributed by atoms with Crippen LogP contribution < -0.4 is 21.3 Å². The molecule has 0 radical (unpaired) electrons. The number of carbonyl (C=O) groups is 1. The van der Waals surface area contributed by atoms with Crippen LogP contribution in [0.1, 0.15) is 11.1 Å². The molecule has 1 aliphatic rings. The zero-order valence-electron chi connectivity index (χ0n) is 17.6. The molecule has 2 amide bonds. The van der Waals surface area contributed by atoms with Crippen LogP contribution in [0.25, 0.3) is 0 Å². The molecule has 0 saturated carbocycles. The lowest BCUT2D eigenvalue weighted by Gasteiger charge is -2.14. The van der Waals surface area contributed by atoms with Gasteiger partial charge in [-0.25, -0.2) is 9.78 Å². The fourth-order valence-corrected chi connectivity index (χ4v) is 3.81. The molecule has 0 unspecified atom stereocenters. The lowest BCUT2D eigenvalue weighted by atomic mass is 10.0. The van der Waals surface area contributed by atoms with Gasteiger partial charge in [-0.15, -0.1) is 0 Å². The van der Waals surface area contributed by atoms with Crippen molar-refractivity contribution in [1.29, 1.82) is 0 Å². The van der Waals surface area contributed by atoms with Gasteiger partial charge >= 0.3 is 6.03 Å². The number of para-hydroxylation sites is 1. The molecule has 2 heterocycles. The van der Waals surface area contributed by atoms with Crippen molar-refractivity contribution in [2.24, 2.45) is 0 Å². The molecule has 4 N–H and O–H groups in total. The van der Waals surface area contributed by atoms with E-state index >= 15 is 0 Å². The smallest absolute Gasteiger partial charge is 0.323 e. The maximum absolute atomic E-state index is 12.6. The highest BCUT2D eigenvalue weighted by Crippen LogP contribution is 2.29. The number of urea groups is 1. The monoisotopic (exact) mass is 456 g/mol. The summed E-state index contributed by atoms with van der Waals surface area (Å²) >= 11 is 6.35. The van der Waals surface area contributed by atoms with Gasteiger partial charge < -0.3 is 21.3 Å². The first-order valence-electron chi connectivity index (χ1n) is 10.5. The Hall–Kier alpha value is -4.10. The van der Waals surface area contributed by atoms with Crippen molar-refractivity contribution in [2.75, 3.05) is 21.3 Å². The van der Waals surface area contributed by atoms with E-state index in [-0.39, 0.29) is 6.03 Å². The number of benzene rings is 3. The number of hydrogen-bond donors (Lipinski definition) is 4. The minimum Gasteiger partial charge on any atom is -0.339 e. The van der Waals surface area contributed by atoms with E-state index in [1.807, 2.05) is 60.7 Å². The van der Waals surface area contributed by atoms with Crippen LogP contribution in [0.5, 0.6) is 0 Å². The molecule has 33 heavy (non-hydrogen) atoms. The van der Waals surface area contributed by atoms with Crippen molar-refractivity contribution in [1.82, 2.24) is 9.97 Å². The molecule has 164 valence electrons. The van der Waals surface area contributed by atoms with E-state index in [4.69, 9.17) is 11.6 Å². The molecule has 1 aromatic heterocycles. The molecule has 0 spiro atoms. The van der Waals surface area contributed by atoms with E-state index in [1.54, 1.807) is 6.20 Å². The Morgan fingerprint density at radius 3 is 2.48 bits per heavy atom. The van der Waals surface area contributed by atoms with Crippen molar-refractivity contribution in [2.45, 2.75) is 12.8 Å². The highest BCUT2D eigenvalue weighted by atomic mass is 35.5. The van der Waals surface area contributed by atoms with Gasteiger partial charge in [0.25, 0.3) is 0 Å². The summed E-state index contributed by atoms with van der Waals surface area (Å²) in [6, 6.07) is 23.0. The molecule has 5 rings (SSSR count). The molecule has 1 aliphatic heterocycles. The van der Waals surface area contributed by atoms with Gasteiger partial charge in [0.15, 0.2) is 5.82 Å². The Labute approximate surface area is 196 Å². The fraction of sp³-hybridized carbons (Fsp3) is 0.0800. The molecule has 7 nitrogen and oxygen atoms in total. The second-order valence-electron chi connectivity index (χ2n) is 7.70. The average molecular weight is 457 g/mol. The van der Waals surface area contributed by atoms with Crippen molar-refractivity contribution in [3.63, 3.8) is 0 Å². The van der Waals surface area contributed by atoms with Gasteiger partial charge in [0.2, 0.25) is 5.95 Å². The van der Waals surface area contributed by atoms with Gasteiger partial charge in [-0.3, -0.25) is 0 Å². The molecule has 6 bridgehead atoms. The van der Waals surface area contributed by atoms with Crippen molar-refractivity contribution in [3.8, 4) is 0 Å². The molecule has 0 atom stereocenters. The van der Waals surface area contributed by atoms with E-state index in [0.29, 0.717) is 22.5 Å². The van der Waals surface area contributed by atoms with Crippen molar-refractivity contribution in [3.05, 3.63) is 95.1 Å². The normalized spacial score (nSPS) is 12.2. The van der Waals surface area contributed by atoms with Crippen molar-refractivity contribution < 1.29 is 4.79 Å². The quantitative estimate of drug-likeness (QED) is 0.282. The number of fused-ring (bicyclic) bond motifs is 6. The molecular formula is C25H21ClN6O. The van der Waals surface area contributed by atoms with Crippen LogP contribution in [-0.2, 0) is 12.8 Å². The Balaban J connectivity index is 1.47. The van der Waals surface area contributed by atoms with E-state index in [9.17, 15) is 4.79 Å². The van der Waals surface area contributed by atoms with Gasteiger partial charge in [-0.1, -0.05) is 41.9 Å². The van der Waals surface area contributed by atoms with E-state index in [1.165, 1.54) is 5.56 Å². The first-order chi connectivity index (χ1) is 16.1. The Kier molecular flexibility index (Phi) is 5.78. The first kappa shape index (κ1) is 20.8. The number of hydrogen-bond acceptors (Lipinski definition) is 5. The molecule has 8 heteroatoms. The lowest BCUT2D eigenvalue weighted by molar-refractivity contribution is 0.262.